The molecule has 18 heavy (non-hydrogen) atoms. The van der Waals surface area contributed by atoms with E-state index in [-0.39, 0.29) is 5.75 Å². The van der Waals surface area contributed by atoms with Crippen molar-refractivity contribution in [3.05, 3.63) is 57.4 Å². The van der Waals surface area contributed by atoms with E-state index >= 15 is 0 Å². The largest absolute Gasteiger partial charge is 0.453 e. The second-order valence-electron chi connectivity index (χ2n) is 3.90. The molecule has 2 nitrogen and oxygen atoms in total. The minimum atomic E-state index is -0.689. The predicted octanol–water partition coefficient (Wildman–Crippen LogP) is 4.28. The van der Waals surface area contributed by atoms with Crippen LogP contribution in [0.25, 0.3) is 0 Å². The van der Waals surface area contributed by atoms with E-state index in [0.29, 0.717) is 11.3 Å². The fraction of sp³-hybridized carbons (Fsp3) is 0.143. The van der Waals surface area contributed by atoms with Crippen LogP contribution in [0, 0.1) is 9.39 Å². The summed E-state index contributed by atoms with van der Waals surface area (Å²) in [5.74, 6) is 0.290. The number of ether oxygens (including phenoxy) is 1. The lowest BCUT2D eigenvalue weighted by Gasteiger charge is -2.10. The first-order valence-corrected chi connectivity index (χ1v) is 6.55. The second kappa shape index (κ2) is 5.67. The topological polar surface area (TPSA) is 29.5 Å². The maximum absolute atomic E-state index is 13.8. The fourth-order valence-electron chi connectivity index (χ4n) is 1.51. The molecule has 94 valence electrons. The number of hydrogen-bond donors (Lipinski definition) is 1. The summed E-state index contributed by atoms with van der Waals surface area (Å²) in [6.45, 7) is 1.59. The molecule has 1 atom stereocenters. The number of aliphatic hydroxyl groups excluding tert-OH is 1. The molecular formula is C14H12FIO2. The summed E-state index contributed by atoms with van der Waals surface area (Å²) in [5.41, 5.74) is 0.530. The van der Waals surface area contributed by atoms with Gasteiger partial charge in [-0.05, 0) is 59.3 Å². The van der Waals surface area contributed by atoms with Gasteiger partial charge in [-0.2, -0.15) is 0 Å². The van der Waals surface area contributed by atoms with E-state index in [2.05, 4.69) is 22.6 Å². The summed E-state index contributed by atoms with van der Waals surface area (Å²) in [6, 6.07) is 11.9. The van der Waals surface area contributed by atoms with Crippen LogP contribution in [0.5, 0.6) is 11.5 Å². The van der Waals surface area contributed by atoms with Crippen molar-refractivity contribution in [2.24, 2.45) is 0 Å². The predicted molar refractivity (Wildman–Crippen MR) is 76.3 cm³/mol. The van der Waals surface area contributed by atoms with Gasteiger partial charge < -0.3 is 9.84 Å². The number of aliphatic hydroxyl groups is 1. The van der Waals surface area contributed by atoms with Crippen molar-refractivity contribution in [1.29, 1.82) is 0 Å². The van der Waals surface area contributed by atoms with Crippen molar-refractivity contribution in [1.82, 2.24) is 0 Å². The number of hydrogen-bond acceptors (Lipinski definition) is 2. The Balaban J connectivity index is 2.28. The Labute approximate surface area is 119 Å². The van der Waals surface area contributed by atoms with Gasteiger partial charge in [0.05, 0.1) is 9.67 Å². The molecule has 0 saturated carbocycles. The molecule has 0 aliphatic rings. The smallest absolute Gasteiger partial charge is 0.166 e. The molecule has 4 heteroatoms. The van der Waals surface area contributed by atoms with Gasteiger partial charge in [-0.25, -0.2) is 4.39 Å². The number of halogens is 2. The number of benzene rings is 2. The molecule has 0 bridgehead atoms. The summed E-state index contributed by atoms with van der Waals surface area (Å²) in [5, 5.41) is 9.36. The minimum Gasteiger partial charge on any atom is -0.453 e. The van der Waals surface area contributed by atoms with Gasteiger partial charge >= 0.3 is 0 Å². The molecule has 2 rings (SSSR count). The van der Waals surface area contributed by atoms with E-state index in [9.17, 15) is 9.50 Å². The molecule has 0 radical (unpaired) electrons. The Morgan fingerprint density at radius 3 is 2.50 bits per heavy atom. The van der Waals surface area contributed by atoms with E-state index < -0.39 is 11.9 Å². The molecule has 0 fully saturated rings. The highest BCUT2D eigenvalue weighted by Gasteiger charge is 2.10. The maximum Gasteiger partial charge on any atom is 0.166 e. The number of para-hydroxylation sites is 1. The number of rotatable bonds is 3. The normalized spacial score (nSPS) is 12.2. The third kappa shape index (κ3) is 3.00. The zero-order chi connectivity index (χ0) is 13.1. The van der Waals surface area contributed by atoms with E-state index in [1.807, 2.05) is 18.2 Å². The summed E-state index contributed by atoms with van der Waals surface area (Å²) in [7, 11) is 0. The van der Waals surface area contributed by atoms with Gasteiger partial charge in [0.15, 0.2) is 11.6 Å². The SMILES string of the molecule is C[C@@H](O)c1ccc(Oc2ccccc2I)c(F)c1. The molecule has 0 saturated heterocycles. The van der Waals surface area contributed by atoms with Crippen LogP contribution in [0.2, 0.25) is 0 Å². The van der Waals surface area contributed by atoms with Gasteiger partial charge in [-0.15, -0.1) is 0 Å². The van der Waals surface area contributed by atoms with Crippen molar-refractivity contribution < 1.29 is 14.2 Å². The quantitative estimate of drug-likeness (QED) is 0.831. The van der Waals surface area contributed by atoms with Crippen LogP contribution in [0.15, 0.2) is 42.5 Å². The Morgan fingerprint density at radius 1 is 1.17 bits per heavy atom. The van der Waals surface area contributed by atoms with Gasteiger partial charge in [0, 0.05) is 0 Å². The Morgan fingerprint density at radius 2 is 1.89 bits per heavy atom. The van der Waals surface area contributed by atoms with E-state index in [4.69, 9.17) is 4.74 Å². The standard InChI is InChI=1S/C14H12FIO2/c1-9(17)10-6-7-13(11(15)8-10)18-14-5-3-2-4-12(14)16/h2-9,17H,1H3/t9-/m1/s1. The highest BCUT2D eigenvalue weighted by molar-refractivity contribution is 14.1. The molecule has 0 amide bonds. The molecule has 0 aromatic heterocycles. The van der Waals surface area contributed by atoms with Crippen LogP contribution in [0.4, 0.5) is 4.39 Å². The van der Waals surface area contributed by atoms with Crippen LogP contribution >= 0.6 is 22.6 Å². The molecule has 0 aliphatic carbocycles. The maximum atomic E-state index is 13.8. The Bertz CT molecular complexity index is 555. The average molecular weight is 358 g/mol. The van der Waals surface area contributed by atoms with Crippen molar-refractivity contribution >= 4 is 22.6 Å². The highest BCUT2D eigenvalue weighted by atomic mass is 127. The molecular weight excluding hydrogens is 346 g/mol. The van der Waals surface area contributed by atoms with Crippen LogP contribution in [0.3, 0.4) is 0 Å². The zero-order valence-corrected chi connectivity index (χ0v) is 11.9. The monoisotopic (exact) mass is 358 g/mol. The van der Waals surface area contributed by atoms with E-state index in [1.165, 1.54) is 12.1 Å². The van der Waals surface area contributed by atoms with Gasteiger partial charge in [0.1, 0.15) is 5.75 Å². The van der Waals surface area contributed by atoms with Gasteiger partial charge in [-0.1, -0.05) is 18.2 Å². The van der Waals surface area contributed by atoms with Crippen molar-refractivity contribution in [3.63, 3.8) is 0 Å². The first kappa shape index (κ1) is 13.3. The van der Waals surface area contributed by atoms with Crippen molar-refractivity contribution in [3.8, 4) is 11.5 Å². The lowest BCUT2D eigenvalue weighted by atomic mass is 10.1. The average Bonchev–Trinajstić information content (AvgIpc) is 2.34. The third-order valence-electron chi connectivity index (χ3n) is 2.49. The summed E-state index contributed by atoms with van der Waals surface area (Å²) in [4.78, 5) is 0. The van der Waals surface area contributed by atoms with Crippen LogP contribution in [0.1, 0.15) is 18.6 Å². The first-order valence-electron chi connectivity index (χ1n) is 5.48. The summed E-state index contributed by atoms with van der Waals surface area (Å²) < 4.78 is 20.2. The molecule has 2 aromatic carbocycles. The van der Waals surface area contributed by atoms with Crippen molar-refractivity contribution in [2.45, 2.75) is 13.0 Å². The lowest BCUT2D eigenvalue weighted by Crippen LogP contribution is -1.95. The Kier molecular flexibility index (Phi) is 4.19. The molecule has 0 aliphatic heterocycles. The van der Waals surface area contributed by atoms with Crippen molar-refractivity contribution in [2.75, 3.05) is 0 Å². The van der Waals surface area contributed by atoms with Gasteiger partial charge in [0.2, 0.25) is 0 Å². The Hall–Kier alpha value is -1.14. The van der Waals surface area contributed by atoms with E-state index in [1.54, 1.807) is 19.1 Å². The van der Waals surface area contributed by atoms with Crippen LogP contribution in [-0.4, -0.2) is 5.11 Å². The third-order valence-corrected chi connectivity index (χ3v) is 3.39. The zero-order valence-electron chi connectivity index (χ0n) is 9.73. The molecule has 1 N–H and O–H groups in total. The van der Waals surface area contributed by atoms with Gasteiger partial charge in [0.25, 0.3) is 0 Å². The molecule has 0 unspecified atom stereocenters. The second-order valence-corrected chi connectivity index (χ2v) is 5.06. The first-order chi connectivity index (χ1) is 8.58. The van der Waals surface area contributed by atoms with Crippen LogP contribution in [-0.2, 0) is 0 Å². The molecule has 0 heterocycles. The van der Waals surface area contributed by atoms with Crippen LogP contribution < -0.4 is 4.74 Å². The fourth-order valence-corrected chi connectivity index (χ4v) is 2.00. The minimum absolute atomic E-state index is 0.156. The summed E-state index contributed by atoms with van der Waals surface area (Å²) >= 11 is 2.13. The lowest BCUT2D eigenvalue weighted by molar-refractivity contribution is 0.198. The van der Waals surface area contributed by atoms with Gasteiger partial charge in [-0.3, -0.25) is 0 Å². The summed E-state index contributed by atoms with van der Waals surface area (Å²) in [6.07, 6.45) is -0.689. The van der Waals surface area contributed by atoms with E-state index in [0.717, 1.165) is 3.57 Å². The molecule has 0 spiro atoms. The molecule has 2 aromatic rings. The highest BCUT2D eigenvalue weighted by Crippen LogP contribution is 2.29.